The molecular formula is C15H22N2O. The zero-order valence-electron chi connectivity index (χ0n) is 11.8. The standard InChI is InChI=1S/C15H22N2O/c1-8-6-10(13(16)15(3,4)5)7-11-9(2)14(18)17-12(8)11/h6-7,9,13H,16H2,1-5H3,(H,17,18). The van der Waals surface area contributed by atoms with E-state index >= 15 is 0 Å². The molecule has 3 heteroatoms. The number of nitrogens with one attached hydrogen (secondary N) is 1. The third-order valence-electron chi connectivity index (χ3n) is 3.79. The third-order valence-corrected chi connectivity index (χ3v) is 3.79. The van der Waals surface area contributed by atoms with Gasteiger partial charge in [0.25, 0.3) is 0 Å². The Balaban J connectivity index is 2.50. The van der Waals surface area contributed by atoms with Crippen LogP contribution in [0.25, 0.3) is 0 Å². The minimum Gasteiger partial charge on any atom is -0.325 e. The summed E-state index contributed by atoms with van der Waals surface area (Å²) >= 11 is 0. The minimum atomic E-state index is -0.0779. The van der Waals surface area contributed by atoms with Crippen LogP contribution in [0.15, 0.2) is 12.1 Å². The first kappa shape index (κ1) is 13.1. The number of aryl methyl sites for hydroxylation is 1. The van der Waals surface area contributed by atoms with E-state index in [4.69, 9.17) is 5.73 Å². The summed E-state index contributed by atoms with van der Waals surface area (Å²) in [6.07, 6.45) is 0. The topological polar surface area (TPSA) is 55.1 Å². The second kappa shape index (κ2) is 4.09. The van der Waals surface area contributed by atoms with E-state index in [0.717, 1.165) is 22.4 Å². The minimum absolute atomic E-state index is 0.0138. The number of benzene rings is 1. The van der Waals surface area contributed by atoms with Gasteiger partial charge in [0.1, 0.15) is 0 Å². The SMILES string of the molecule is Cc1cc(C(N)C(C)(C)C)cc2c1NC(=O)C2C. The first-order chi connectivity index (χ1) is 8.21. The lowest BCUT2D eigenvalue weighted by Gasteiger charge is -2.28. The highest BCUT2D eigenvalue weighted by Crippen LogP contribution is 2.39. The predicted octanol–water partition coefficient (Wildman–Crippen LogP) is 3.10. The van der Waals surface area contributed by atoms with Crippen molar-refractivity contribution >= 4 is 11.6 Å². The molecule has 0 spiro atoms. The first-order valence-electron chi connectivity index (χ1n) is 6.42. The molecule has 0 radical (unpaired) electrons. The Labute approximate surface area is 109 Å². The van der Waals surface area contributed by atoms with Crippen molar-refractivity contribution in [3.8, 4) is 0 Å². The van der Waals surface area contributed by atoms with Gasteiger partial charge in [-0.15, -0.1) is 0 Å². The molecule has 1 heterocycles. The van der Waals surface area contributed by atoms with Crippen LogP contribution in [0.3, 0.4) is 0 Å². The highest BCUT2D eigenvalue weighted by atomic mass is 16.2. The molecule has 1 aliphatic rings. The number of carbonyl (C=O) groups excluding carboxylic acids is 1. The smallest absolute Gasteiger partial charge is 0.231 e. The number of hydrogen-bond donors (Lipinski definition) is 2. The second-order valence-electron chi connectivity index (χ2n) is 6.36. The monoisotopic (exact) mass is 246 g/mol. The van der Waals surface area contributed by atoms with Gasteiger partial charge in [-0.05, 0) is 36.0 Å². The van der Waals surface area contributed by atoms with Crippen LogP contribution >= 0.6 is 0 Å². The van der Waals surface area contributed by atoms with Crippen LogP contribution in [-0.4, -0.2) is 5.91 Å². The van der Waals surface area contributed by atoms with Gasteiger partial charge in [-0.2, -0.15) is 0 Å². The van der Waals surface area contributed by atoms with Gasteiger partial charge in [0.2, 0.25) is 5.91 Å². The summed E-state index contributed by atoms with van der Waals surface area (Å²) in [5.74, 6) is 0.000369. The van der Waals surface area contributed by atoms with Gasteiger partial charge < -0.3 is 11.1 Å². The van der Waals surface area contributed by atoms with Gasteiger partial charge in [-0.1, -0.05) is 32.9 Å². The summed E-state index contributed by atoms with van der Waals surface area (Å²) in [6.45, 7) is 10.4. The first-order valence-corrected chi connectivity index (χ1v) is 6.42. The van der Waals surface area contributed by atoms with Crippen LogP contribution in [0.2, 0.25) is 0 Å². The highest BCUT2D eigenvalue weighted by Gasteiger charge is 2.30. The maximum Gasteiger partial charge on any atom is 0.231 e. The molecule has 0 bridgehead atoms. The largest absolute Gasteiger partial charge is 0.325 e. The third kappa shape index (κ3) is 2.03. The average molecular weight is 246 g/mol. The van der Waals surface area contributed by atoms with E-state index in [0.29, 0.717) is 0 Å². The van der Waals surface area contributed by atoms with Gasteiger partial charge in [0.05, 0.1) is 5.92 Å². The fourth-order valence-electron chi connectivity index (χ4n) is 2.41. The summed E-state index contributed by atoms with van der Waals surface area (Å²) in [6, 6.07) is 4.15. The Bertz CT molecular complexity index is 500. The number of nitrogens with two attached hydrogens (primary N) is 1. The molecule has 0 saturated carbocycles. The van der Waals surface area contributed by atoms with Crippen molar-refractivity contribution in [1.82, 2.24) is 0 Å². The Morgan fingerprint density at radius 1 is 1.33 bits per heavy atom. The van der Waals surface area contributed by atoms with Crippen LogP contribution < -0.4 is 11.1 Å². The fourth-order valence-corrected chi connectivity index (χ4v) is 2.41. The van der Waals surface area contributed by atoms with E-state index < -0.39 is 0 Å². The molecular weight excluding hydrogens is 224 g/mol. The van der Waals surface area contributed by atoms with Gasteiger partial charge in [-0.3, -0.25) is 4.79 Å². The lowest BCUT2D eigenvalue weighted by Crippen LogP contribution is -2.26. The van der Waals surface area contributed by atoms with Gasteiger partial charge >= 0.3 is 0 Å². The van der Waals surface area contributed by atoms with Crippen molar-refractivity contribution in [3.05, 3.63) is 28.8 Å². The molecule has 3 N–H and O–H groups in total. The lowest BCUT2D eigenvalue weighted by molar-refractivity contribution is -0.116. The number of fused-ring (bicyclic) bond motifs is 1. The lowest BCUT2D eigenvalue weighted by atomic mass is 9.81. The van der Waals surface area contributed by atoms with E-state index in [1.165, 1.54) is 0 Å². The van der Waals surface area contributed by atoms with Crippen molar-refractivity contribution in [2.45, 2.75) is 46.6 Å². The Kier molecular flexibility index (Phi) is 2.98. The van der Waals surface area contributed by atoms with E-state index in [9.17, 15) is 4.79 Å². The molecule has 2 rings (SSSR count). The quantitative estimate of drug-likeness (QED) is 0.800. The molecule has 1 aromatic carbocycles. The molecule has 1 aliphatic heterocycles. The Hall–Kier alpha value is -1.35. The van der Waals surface area contributed by atoms with Crippen molar-refractivity contribution in [3.63, 3.8) is 0 Å². The number of rotatable bonds is 1. The van der Waals surface area contributed by atoms with Gasteiger partial charge in [0.15, 0.2) is 0 Å². The maximum absolute atomic E-state index is 11.7. The highest BCUT2D eigenvalue weighted by molar-refractivity contribution is 6.03. The van der Waals surface area contributed by atoms with Crippen LogP contribution in [0.1, 0.15) is 56.3 Å². The summed E-state index contributed by atoms with van der Waals surface area (Å²) in [4.78, 5) is 11.7. The van der Waals surface area contributed by atoms with E-state index in [2.05, 4.69) is 38.2 Å². The Morgan fingerprint density at radius 2 is 1.94 bits per heavy atom. The van der Waals surface area contributed by atoms with Crippen LogP contribution in [0.4, 0.5) is 5.69 Å². The maximum atomic E-state index is 11.7. The van der Waals surface area contributed by atoms with Crippen LogP contribution in [-0.2, 0) is 4.79 Å². The summed E-state index contributed by atoms with van der Waals surface area (Å²) in [7, 11) is 0. The molecule has 0 saturated heterocycles. The molecule has 1 amide bonds. The van der Waals surface area contributed by atoms with Gasteiger partial charge in [-0.25, -0.2) is 0 Å². The average Bonchev–Trinajstić information content (AvgIpc) is 2.54. The predicted molar refractivity (Wildman–Crippen MR) is 74.6 cm³/mol. The molecule has 98 valence electrons. The summed E-state index contributed by atoms with van der Waals surface area (Å²) in [5.41, 5.74) is 10.6. The molecule has 0 aliphatic carbocycles. The van der Waals surface area contributed by atoms with Crippen molar-refractivity contribution in [2.24, 2.45) is 11.1 Å². The molecule has 2 unspecified atom stereocenters. The molecule has 18 heavy (non-hydrogen) atoms. The van der Waals surface area contributed by atoms with E-state index in [1.54, 1.807) is 0 Å². The van der Waals surface area contributed by atoms with Crippen molar-refractivity contribution in [2.75, 3.05) is 5.32 Å². The molecule has 0 aromatic heterocycles. The number of anilines is 1. The summed E-state index contributed by atoms with van der Waals surface area (Å²) in [5, 5.41) is 2.94. The molecule has 3 nitrogen and oxygen atoms in total. The van der Waals surface area contributed by atoms with E-state index in [-0.39, 0.29) is 23.3 Å². The molecule has 0 fully saturated rings. The van der Waals surface area contributed by atoms with Crippen molar-refractivity contribution < 1.29 is 4.79 Å². The zero-order valence-corrected chi connectivity index (χ0v) is 11.8. The van der Waals surface area contributed by atoms with Gasteiger partial charge in [0, 0.05) is 11.7 Å². The van der Waals surface area contributed by atoms with Crippen LogP contribution in [0, 0.1) is 12.3 Å². The molecule has 1 aromatic rings. The zero-order chi connectivity index (χ0) is 13.7. The van der Waals surface area contributed by atoms with Crippen LogP contribution in [0.5, 0.6) is 0 Å². The normalized spacial score (nSPS) is 20.6. The number of amides is 1. The molecule has 2 atom stereocenters. The number of carbonyl (C=O) groups is 1. The summed E-state index contributed by atoms with van der Waals surface area (Å²) < 4.78 is 0. The second-order valence-corrected chi connectivity index (χ2v) is 6.36. The Morgan fingerprint density at radius 3 is 2.50 bits per heavy atom. The fraction of sp³-hybridized carbons (Fsp3) is 0.533. The van der Waals surface area contributed by atoms with Crippen molar-refractivity contribution in [1.29, 1.82) is 0 Å². The van der Waals surface area contributed by atoms with E-state index in [1.807, 2.05) is 13.8 Å². The number of hydrogen-bond acceptors (Lipinski definition) is 2.